The maximum absolute atomic E-state index is 13.7. The van der Waals surface area contributed by atoms with Gasteiger partial charge in [0.15, 0.2) is 28.9 Å². The molecule has 2 aliphatic heterocycles. The number of fused-ring (bicyclic) bond motifs is 4. The van der Waals surface area contributed by atoms with E-state index in [9.17, 15) is 13.6 Å². The molecule has 0 saturated carbocycles. The van der Waals surface area contributed by atoms with Crippen LogP contribution in [0.1, 0.15) is 24.9 Å². The lowest BCUT2D eigenvalue weighted by atomic mass is 9.90. The van der Waals surface area contributed by atoms with Gasteiger partial charge < -0.3 is 14.8 Å². The molecule has 4 rings (SSSR count). The molecular formula is C18H15BrF2N2O3. The second-order valence-corrected chi connectivity index (χ2v) is 7.36. The van der Waals surface area contributed by atoms with Crippen LogP contribution in [0.3, 0.4) is 0 Å². The number of hydrogen-bond acceptors (Lipinski definition) is 3. The van der Waals surface area contributed by atoms with E-state index in [-0.39, 0.29) is 11.7 Å². The van der Waals surface area contributed by atoms with Crippen LogP contribution in [0.15, 0.2) is 34.8 Å². The third-order valence-electron chi connectivity index (χ3n) is 4.68. The fourth-order valence-electron chi connectivity index (χ4n) is 3.57. The van der Waals surface area contributed by atoms with E-state index in [1.165, 1.54) is 18.1 Å². The first kappa shape index (κ1) is 17.1. The van der Waals surface area contributed by atoms with Crippen molar-refractivity contribution in [1.29, 1.82) is 0 Å². The number of carbonyl (C=O) groups excluding carboxylic acids is 1. The molecule has 2 aromatic carbocycles. The highest BCUT2D eigenvalue weighted by Crippen LogP contribution is 2.50. The molecule has 0 spiro atoms. The number of urea groups is 1. The highest BCUT2D eigenvalue weighted by Gasteiger charge is 2.50. The van der Waals surface area contributed by atoms with Gasteiger partial charge in [-0.2, -0.15) is 0 Å². The molecule has 136 valence electrons. The average Bonchev–Trinajstić information content (AvgIpc) is 2.57. The lowest BCUT2D eigenvalue weighted by Crippen LogP contribution is -2.65. The van der Waals surface area contributed by atoms with Crippen LogP contribution in [-0.4, -0.2) is 18.9 Å². The summed E-state index contributed by atoms with van der Waals surface area (Å²) >= 11 is 3.43. The first-order valence-electron chi connectivity index (χ1n) is 7.94. The lowest BCUT2D eigenvalue weighted by molar-refractivity contribution is 0.0348. The van der Waals surface area contributed by atoms with Gasteiger partial charge in [-0.05, 0) is 31.2 Å². The van der Waals surface area contributed by atoms with Crippen LogP contribution in [0.4, 0.5) is 19.3 Å². The SMILES string of the molecule is COc1cc(Br)cc2c1O[C@]1(C)C[C@H]2NC(=O)N1c1ccc(F)c(F)c1. The smallest absolute Gasteiger partial charge is 0.325 e. The topological polar surface area (TPSA) is 50.8 Å². The molecule has 0 radical (unpaired) electrons. The molecule has 2 heterocycles. The van der Waals surface area contributed by atoms with Gasteiger partial charge in [-0.15, -0.1) is 0 Å². The minimum atomic E-state index is -1.08. The Hall–Kier alpha value is -2.35. The number of anilines is 1. The van der Waals surface area contributed by atoms with E-state index in [4.69, 9.17) is 9.47 Å². The number of nitrogens with zero attached hydrogens (tertiary/aromatic N) is 1. The second kappa shape index (κ2) is 5.84. The molecule has 2 atom stereocenters. The molecule has 2 aromatic rings. The average molecular weight is 425 g/mol. The zero-order chi connectivity index (χ0) is 18.6. The van der Waals surface area contributed by atoms with Gasteiger partial charge in [0.25, 0.3) is 0 Å². The van der Waals surface area contributed by atoms with Crippen LogP contribution in [0, 0.1) is 11.6 Å². The number of halogens is 3. The van der Waals surface area contributed by atoms with Crippen LogP contribution in [0.2, 0.25) is 0 Å². The first-order valence-corrected chi connectivity index (χ1v) is 8.74. The number of methoxy groups -OCH3 is 1. The summed E-state index contributed by atoms with van der Waals surface area (Å²) in [5.74, 6) is -0.969. The summed E-state index contributed by atoms with van der Waals surface area (Å²) in [6, 6.07) is 6.23. The molecule has 2 bridgehead atoms. The second-order valence-electron chi connectivity index (χ2n) is 6.44. The van der Waals surface area contributed by atoms with Crippen molar-refractivity contribution >= 4 is 27.6 Å². The largest absolute Gasteiger partial charge is 0.493 e. The van der Waals surface area contributed by atoms with Gasteiger partial charge in [-0.1, -0.05) is 15.9 Å². The monoisotopic (exact) mass is 424 g/mol. The van der Waals surface area contributed by atoms with Gasteiger partial charge in [0.05, 0.1) is 18.8 Å². The van der Waals surface area contributed by atoms with Crippen molar-refractivity contribution in [2.45, 2.75) is 25.1 Å². The molecule has 0 aromatic heterocycles. The van der Waals surface area contributed by atoms with Gasteiger partial charge in [0, 0.05) is 22.5 Å². The van der Waals surface area contributed by atoms with E-state index < -0.39 is 23.4 Å². The Morgan fingerprint density at radius 1 is 1.31 bits per heavy atom. The van der Waals surface area contributed by atoms with E-state index in [1.807, 2.05) is 6.07 Å². The van der Waals surface area contributed by atoms with Crippen molar-refractivity contribution in [3.8, 4) is 11.5 Å². The molecule has 0 aliphatic carbocycles. The molecule has 1 N–H and O–H groups in total. The number of amides is 2. The van der Waals surface area contributed by atoms with Crippen LogP contribution in [-0.2, 0) is 0 Å². The normalized spacial score (nSPS) is 23.8. The summed E-state index contributed by atoms with van der Waals surface area (Å²) in [5, 5.41) is 2.90. The number of hydrogen-bond donors (Lipinski definition) is 1. The van der Waals surface area contributed by atoms with Crippen molar-refractivity contribution in [2.24, 2.45) is 0 Å². The Labute approximate surface area is 157 Å². The standard InChI is InChI=1S/C18H15BrF2N2O3/c1-18-8-14(11-5-9(19)6-15(25-2)16(11)26-18)22-17(24)23(18)10-3-4-12(20)13(21)7-10/h3-7,14H,8H2,1-2H3,(H,22,24)/t14-,18-/m1/s1. The summed E-state index contributed by atoms with van der Waals surface area (Å²) in [6.07, 6.45) is 0.435. The maximum atomic E-state index is 13.7. The minimum absolute atomic E-state index is 0.210. The zero-order valence-electron chi connectivity index (χ0n) is 14.0. The fraction of sp³-hybridized carbons (Fsp3) is 0.278. The lowest BCUT2D eigenvalue weighted by Gasteiger charge is -2.50. The molecule has 2 aliphatic rings. The number of benzene rings is 2. The maximum Gasteiger partial charge on any atom is 0.325 e. The van der Waals surface area contributed by atoms with Gasteiger partial charge >= 0.3 is 6.03 Å². The predicted molar refractivity (Wildman–Crippen MR) is 94.5 cm³/mol. The third kappa shape index (κ3) is 2.51. The Morgan fingerprint density at radius 2 is 2.08 bits per heavy atom. The summed E-state index contributed by atoms with van der Waals surface area (Å²) < 4.78 is 39.4. The van der Waals surface area contributed by atoms with Crippen molar-refractivity contribution < 1.29 is 23.0 Å². The minimum Gasteiger partial charge on any atom is -0.493 e. The van der Waals surface area contributed by atoms with Crippen molar-refractivity contribution in [3.63, 3.8) is 0 Å². The summed E-state index contributed by atoms with van der Waals surface area (Å²) in [5.41, 5.74) is -0.0698. The molecule has 2 amide bonds. The fourth-order valence-corrected chi connectivity index (χ4v) is 4.02. The molecule has 1 saturated heterocycles. The van der Waals surface area contributed by atoms with E-state index in [0.717, 1.165) is 22.2 Å². The first-order chi connectivity index (χ1) is 12.3. The molecule has 5 nitrogen and oxygen atoms in total. The van der Waals surface area contributed by atoms with E-state index in [1.54, 1.807) is 13.0 Å². The molecule has 8 heteroatoms. The van der Waals surface area contributed by atoms with Crippen LogP contribution in [0.25, 0.3) is 0 Å². The predicted octanol–water partition coefficient (Wildman–Crippen LogP) is 4.51. The summed E-state index contributed by atoms with van der Waals surface area (Å²) in [4.78, 5) is 14.0. The quantitative estimate of drug-likeness (QED) is 0.771. The van der Waals surface area contributed by atoms with Crippen molar-refractivity contribution in [1.82, 2.24) is 5.32 Å². The van der Waals surface area contributed by atoms with Gasteiger partial charge in [-0.25, -0.2) is 13.6 Å². The van der Waals surface area contributed by atoms with Crippen LogP contribution in [0.5, 0.6) is 11.5 Å². The van der Waals surface area contributed by atoms with Crippen molar-refractivity contribution in [3.05, 3.63) is 52.0 Å². The Bertz CT molecular complexity index is 924. The number of nitrogens with one attached hydrogen (secondary N) is 1. The molecule has 26 heavy (non-hydrogen) atoms. The van der Waals surface area contributed by atoms with Gasteiger partial charge in [0.2, 0.25) is 0 Å². The molecule has 1 fully saturated rings. The van der Waals surface area contributed by atoms with Gasteiger partial charge in [-0.3, -0.25) is 4.90 Å². The van der Waals surface area contributed by atoms with Crippen LogP contribution < -0.4 is 19.7 Å². The summed E-state index contributed by atoms with van der Waals surface area (Å²) in [7, 11) is 1.53. The molecule has 0 unspecified atom stereocenters. The highest BCUT2D eigenvalue weighted by molar-refractivity contribution is 9.10. The Kier molecular flexibility index (Phi) is 3.83. The number of carbonyl (C=O) groups is 1. The van der Waals surface area contributed by atoms with E-state index in [2.05, 4.69) is 21.2 Å². The van der Waals surface area contributed by atoms with E-state index in [0.29, 0.717) is 17.9 Å². The van der Waals surface area contributed by atoms with Crippen molar-refractivity contribution in [2.75, 3.05) is 12.0 Å². The zero-order valence-corrected chi connectivity index (χ0v) is 15.6. The number of ether oxygens (including phenoxy) is 2. The van der Waals surface area contributed by atoms with Crippen LogP contribution >= 0.6 is 15.9 Å². The summed E-state index contributed by atoms with van der Waals surface area (Å²) in [6.45, 7) is 1.74. The Balaban J connectivity index is 1.83. The Morgan fingerprint density at radius 3 is 2.77 bits per heavy atom. The van der Waals surface area contributed by atoms with E-state index >= 15 is 0 Å². The van der Waals surface area contributed by atoms with Gasteiger partial charge in [0.1, 0.15) is 0 Å². The molecular weight excluding hydrogens is 410 g/mol. The number of rotatable bonds is 2. The highest BCUT2D eigenvalue weighted by atomic mass is 79.9. The third-order valence-corrected chi connectivity index (χ3v) is 5.14.